The summed E-state index contributed by atoms with van der Waals surface area (Å²) in [4.78, 5) is 22.4. The zero-order valence-corrected chi connectivity index (χ0v) is 9.61. The monoisotopic (exact) mass is 238 g/mol. The van der Waals surface area contributed by atoms with Crippen molar-refractivity contribution in [3.63, 3.8) is 0 Å². The van der Waals surface area contributed by atoms with E-state index in [2.05, 4.69) is 19.7 Å². The highest BCUT2D eigenvalue weighted by Gasteiger charge is 2.18. The molecule has 0 radical (unpaired) electrons. The fraction of sp³-hybridized carbons (Fsp3) is 0.333. The fourth-order valence-corrected chi connectivity index (χ4v) is 1.72. The largest absolute Gasteiger partial charge is 0.467 e. The third-order valence-corrected chi connectivity index (χ3v) is 2.64. The number of hydrogen-bond acceptors (Lipinski definition) is 5. The Bertz CT molecular complexity index is 588. The number of imidazole rings is 1. The lowest BCUT2D eigenvalue weighted by Crippen LogP contribution is -2.17. The summed E-state index contributed by atoms with van der Waals surface area (Å²) in [5.74, 6) is -0.349. The lowest BCUT2D eigenvalue weighted by atomic mass is 10.3. The van der Waals surface area contributed by atoms with Crippen LogP contribution in [0.5, 0.6) is 0 Å². The average Bonchev–Trinajstić information content (AvgIpc) is 2.72. The van der Waals surface area contributed by atoms with E-state index in [1.165, 1.54) is 13.4 Å². The van der Waals surface area contributed by atoms with Crippen molar-refractivity contribution in [1.29, 1.82) is 0 Å². The quantitative estimate of drug-likeness (QED) is 0.629. The lowest BCUT2D eigenvalue weighted by Gasteiger charge is -2.10. The molecule has 0 saturated carbocycles. The van der Waals surface area contributed by atoms with Crippen LogP contribution in [0, 0.1) is 4.64 Å². The molecule has 2 rings (SSSR count). The maximum Gasteiger partial charge on any atom is 0.328 e. The van der Waals surface area contributed by atoms with Crippen LogP contribution in [0.3, 0.4) is 0 Å². The summed E-state index contributed by atoms with van der Waals surface area (Å²) in [7, 11) is 1.34. The summed E-state index contributed by atoms with van der Waals surface area (Å²) in [5.41, 5.74) is 1.24. The van der Waals surface area contributed by atoms with E-state index >= 15 is 0 Å². The SMILES string of the molecule is COC(=O)[C@@H](C)n1cnc2[nH]cnc(=S)c21. The number of carbonyl (C=O) groups excluding carboxylic acids is 1. The molecular formula is C9H10N4O2S. The minimum absolute atomic E-state index is 0.349. The second-order valence-corrected chi connectivity index (χ2v) is 3.64. The summed E-state index contributed by atoms with van der Waals surface area (Å²) < 4.78 is 6.72. The van der Waals surface area contributed by atoms with Gasteiger partial charge >= 0.3 is 5.97 Å². The first kappa shape index (κ1) is 10.7. The van der Waals surface area contributed by atoms with Crippen LogP contribution < -0.4 is 0 Å². The van der Waals surface area contributed by atoms with E-state index in [1.807, 2.05) is 0 Å². The molecule has 1 N–H and O–H groups in total. The highest BCUT2D eigenvalue weighted by molar-refractivity contribution is 7.71. The molecule has 0 aliphatic carbocycles. The second kappa shape index (κ2) is 4.01. The number of methoxy groups -OCH3 is 1. The zero-order valence-electron chi connectivity index (χ0n) is 8.80. The van der Waals surface area contributed by atoms with Crippen LogP contribution in [0.25, 0.3) is 11.2 Å². The van der Waals surface area contributed by atoms with Crippen molar-refractivity contribution < 1.29 is 9.53 Å². The summed E-state index contributed by atoms with van der Waals surface area (Å²) in [6.45, 7) is 1.72. The highest BCUT2D eigenvalue weighted by Crippen LogP contribution is 2.16. The first-order valence-corrected chi connectivity index (χ1v) is 5.04. The Balaban J connectivity index is 2.62. The van der Waals surface area contributed by atoms with Crippen molar-refractivity contribution >= 4 is 29.4 Å². The third-order valence-electron chi connectivity index (χ3n) is 2.34. The van der Waals surface area contributed by atoms with Gasteiger partial charge in [0.1, 0.15) is 11.6 Å². The van der Waals surface area contributed by atoms with Gasteiger partial charge in [0.15, 0.2) is 10.3 Å². The van der Waals surface area contributed by atoms with E-state index < -0.39 is 6.04 Å². The van der Waals surface area contributed by atoms with Crippen LogP contribution in [0.4, 0.5) is 0 Å². The first-order valence-electron chi connectivity index (χ1n) is 4.63. The van der Waals surface area contributed by atoms with Gasteiger partial charge in [0.25, 0.3) is 0 Å². The Morgan fingerprint density at radius 2 is 2.38 bits per heavy atom. The number of esters is 1. The predicted molar refractivity (Wildman–Crippen MR) is 59.4 cm³/mol. The first-order chi connectivity index (χ1) is 7.65. The van der Waals surface area contributed by atoms with Crippen LogP contribution >= 0.6 is 12.2 Å². The van der Waals surface area contributed by atoms with E-state index in [4.69, 9.17) is 12.2 Å². The van der Waals surface area contributed by atoms with Gasteiger partial charge in [-0.1, -0.05) is 12.2 Å². The van der Waals surface area contributed by atoms with Gasteiger partial charge in [0, 0.05) is 0 Å². The molecule has 6 nitrogen and oxygen atoms in total. The van der Waals surface area contributed by atoms with Crippen LogP contribution in [-0.2, 0) is 9.53 Å². The molecule has 0 spiro atoms. The topological polar surface area (TPSA) is 72.8 Å². The molecule has 0 saturated heterocycles. The molecule has 1 atom stereocenters. The number of rotatable bonds is 2. The summed E-state index contributed by atoms with van der Waals surface area (Å²) in [5, 5.41) is 0. The minimum atomic E-state index is -0.478. The Morgan fingerprint density at radius 3 is 3.06 bits per heavy atom. The molecule has 2 heterocycles. The summed E-state index contributed by atoms with van der Waals surface area (Å²) in [6.07, 6.45) is 3.02. The maximum absolute atomic E-state index is 11.4. The van der Waals surface area contributed by atoms with E-state index in [-0.39, 0.29) is 5.97 Å². The van der Waals surface area contributed by atoms with Gasteiger partial charge < -0.3 is 14.3 Å². The van der Waals surface area contributed by atoms with E-state index in [9.17, 15) is 4.79 Å². The normalized spacial score (nSPS) is 12.6. The van der Waals surface area contributed by atoms with Gasteiger partial charge in [0.05, 0.1) is 19.8 Å². The standard InChI is InChI=1S/C9H10N4O2S/c1-5(9(14)15-2)13-4-12-7-6(13)8(16)11-3-10-7/h3-5H,1-2H3,(H,10,11,16)/t5-/m1/s1. The van der Waals surface area contributed by atoms with Crippen molar-refractivity contribution in [3.8, 4) is 0 Å². The molecule has 0 aromatic carbocycles. The van der Waals surface area contributed by atoms with E-state index in [1.54, 1.807) is 17.8 Å². The van der Waals surface area contributed by atoms with Crippen molar-refractivity contribution in [1.82, 2.24) is 19.5 Å². The Kier molecular flexibility index (Phi) is 2.69. The van der Waals surface area contributed by atoms with Crippen molar-refractivity contribution in [3.05, 3.63) is 17.3 Å². The van der Waals surface area contributed by atoms with Gasteiger partial charge in [0.2, 0.25) is 0 Å². The minimum Gasteiger partial charge on any atom is -0.467 e. The van der Waals surface area contributed by atoms with Gasteiger partial charge in [-0.15, -0.1) is 0 Å². The number of H-pyrrole nitrogens is 1. The summed E-state index contributed by atoms with van der Waals surface area (Å²) in [6, 6.07) is -0.478. The molecule has 0 fully saturated rings. The molecule has 84 valence electrons. The van der Waals surface area contributed by atoms with Crippen LogP contribution in [0.1, 0.15) is 13.0 Å². The Labute approximate surface area is 96.3 Å². The lowest BCUT2D eigenvalue weighted by molar-refractivity contribution is -0.143. The number of aromatic amines is 1. The predicted octanol–water partition coefficient (Wildman–Crippen LogP) is 1.22. The number of nitrogens with one attached hydrogen (secondary N) is 1. The maximum atomic E-state index is 11.4. The number of carbonyl (C=O) groups is 1. The van der Waals surface area contributed by atoms with Gasteiger partial charge in [-0.05, 0) is 6.92 Å². The number of aromatic nitrogens is 4. The molecule has 0 aliphatic rings. The van der Waals surface area contributed by atoms with Crippen LogP contribution in [0.2, 0.25) is 0 Å². The van der Waals surface area contributed by atoms with Crippen molar-refractivity contribution in [2.45, 2.75) is 13.0 Å². The Morgan fingerprint density at radius 1 is 1.62 bits per heavy atom. The van der Waals surface area contributed by atoms with Gasteiger partial charge in [-0.25, -0.2) is 14.8 Å². The number of nitrogens with zero attached hydrogens (tertiary/aromatic N) is 3. The van der Waals surface area contributed by atoms with Gasteiger partial charge in [-0.3, -0.25) is 0 Å². The molecule has 0 amide bonds. The molecule has 0 unspecified atom stereocenters. The van der Waals surface area contributed by atoms with Crippen LogP contribution in [-0.4, -0.2) is 32.6 Å². The van der Waals surface area contributed by atoms with Crippen molar-refractivity contribution in [2.75, 3.05) is 7.11 Å². The molecule has 0 aliphatic heterocycles. The molecule has 2 aromatic rings. The fourth-order valence-electron chi connectivity index (χ4n) is 1.47. The third kappa shape index (κ3) is 1.58. The van der Waals surface area contributed by atoms with Crippen LogP contribution in [0.15, 0.2) is 12.7 Å². The molecule has 2 aromatic heterocycles. The van der Waals surface area contributed by atoms with Crippen molar-refractivity contribution in [2.24, 2.45) is 0 Å². The van der Waals surface area contributed by atoms with Gasteiger partial charge in [-0.2, -0.15) is 0 Å². The van der Waals surface area contributed by atoms with E-state index in [0.717, 1.165) is 0 Å². The smallest absolute Gasteiger partial charge is 0.328 e. The number of fused-ring (bicyclic) bond motifs is 1. The molecule has 0 bridgehead atoms. The molecule has 7 heteroatoms. The molecular weight excluding hydrogens is 228 g/mol. The second-order valence-electron chi connectivity index (χ2n) is 3.26. The average molecular weight is 238 g/mol. The zero-order chi connectivity index (χ0) is 11.7. The van der Waals surface area contributed by atoms with E-state index in [0.29, 0.717) is 15.8 Å². The molecule has 16 heavy (non-hydrogen) atoms. The summed E-state index contributed by atoms with van der Waals surface area (Å²) >= 11 is 5.09. The number of ether oxygens (including phenoxy) is 1. The highest BCUT2D eigenvalue weighted by atomic mass is 32.1. The Hall–Kier alpha value is -1.76. The number of hydrogen-bond donors (Lipinski definition) is 1.